The number of hydrogen-bond donors (Lipinski definition) is 2. The fraction of sp³-hybridized carbons (Fsp3) is 0.263. The lowest BCUT2D eigenvalue weighted by atomic mass is 10.0. The van der Waals surface area contributed by atoms with Gasteiger partial charge < -0.3 is 19.7 Å². The Kier molecular flexibility index (Phi) is 19.7. The summed E-state index contributed by atoms with van der Waals surface area (Å²) in [6.07, 6.45) is 7.49. The number of aliphatic imine (C=N–C) groups is 4. The van der Waals surface area contributed by atoms with Crippen molar-refractivity contribution in [1.29, 1.82) is 0 Å². The van der Waals surface area contributed by atoms with E-state index in [-0.39, 0.29) is 6.61 Å². The number of hydrogen-bond acceptors (Lipinski definition) is 12. The van der Waals surface area contributed by atoms with Crippen LogP contribution < -0.4 is 0 Å². The average Bonchev–Trinajstić information content (AvgIpc) is 4.07. The molecule has 12 nitrogen and oxygen atoms in total. The SMILES string of the molecule is C1CO1.CC(O)CO.CC1CO1.O=C=Nc1ccc(Cc2ccc(N=C=O)cc2)cc1.O=C=Nc1ccc(Cc2ccccc2N=C=O)cc1. The maximum absolute atomic E-state index is 10.4. The minimum Gasteiger partial charge on any atom is -0.394 e. The summed E-state index contributed by atoms with van der Waals surface area (Å²) in [5.74, 6) is 0. The predicted molar refractivity (Wildman–Crippen MR) is 188 cm³/mol. The van der Waals surface area contributed by atoms with Crippen LogP contribution in [0.15, 0.2) is 117 Å². The molecule has 2 aliphatic heterocycles. The molecule has 0 saturated carbocycles. The molecule has 12 heteroatoms. The summed E-state index contributed by atoms with van der Waals surface area (Å²) < 4.78 is 9.21. The topological polar surface area (TPSA) is 183 Å². The van der Waals surface area contributed by atoms with Crippen LogP contribution in [0.3, 0.4) is 0 Å². The van der Waals surface area contributed by atoms with E-state index in [1.807, 2.05) is 54.6 Å². The van der Waals surface area contributed by atoms with Crippen LogP contribution in [0.4, 0.5) is 22.7 Å². The van der Waals surface area contributed by atoms with Gasteiger partial charge in [0.15, 0.2) is 0 Å². The monoisotopic (exact) mass is 678 g/mol. The van der Waals surface area contributed by atoms with Gasteiger partial charge in [0.1, 0.15) is 0 Å². The standard InChI is InChI=1S/2C15H10N2O2.C3H8O2.C3H6O.C2H4O/c18-10-16-14-5-1-12(2-6-14)9-13-3-7-15(8-4-13)17-11-19;18-10-16-14-7-5-12(6-8-14)9-13-3-1-2-4-15(13)17-11-19;1-3(5)2-4;1-3-2-4-3;1-2-3-1/h2*1-8H,9H2;3-5H,2H2,1H3;3H,2H2,1H3;1-2H2. The van der Waals surface area contributed by atoms with Crippen molar-refractivity contribution in [3.05, 3.63) is 119 Å². The quantitative estimate of drug-likeness (QED) is 0.119. The van der Waals surface area contributed by atoms with Crippen molar-refractivity contribution in [2.24, 2.45) is 20.0 Å². The Morgan fingerprint density at radius 1 is 0.660 bits per heavy atom. The minimum absolute atomic E-state index is 0.139. The number of carbonyl (C=O) groups excluding carboxylic acids is 4. The lowest BCUT2D eigenvalue weighted by Crippen LogP contribution is -2.03. The summed E-state index contributed by atoms with van der Waals surface area (Å²) in [6.45, 7) is 6.43. The first-order valence-corrected chi connectivity index (χ1v) is 15.5. The van der Waals surface area contributed by atoms with Crippen LogP contribution in [0, 0.1) is 0 Å². The Balaban J connectivity index is 0.000000260. The Bertz CT molecular complexity index is 1700. The van der Waals surface area contributed by atoms with Crippen molar-refractivity contribution < 1.29 is 38.9 Å². The number of aliphatic hydroxyl groups excluding tert-OH is 2. The second kappa shape index (κ2) is 24.4. The molecule has 0 spiro atoms. The van der Waals surface area contributed by atoms with Crippen molar-refractivity contribution in [2.75, 3.05) is 26.4 Å². The van der Waals surface area contributed by atoms with Crippen molar-refractivity contribution in [1.82, 2.24) is 0 Å². The summed E-state index contributed by atoms with van der Waals surface area (Å²) in [5, 5.41) is 16.0. The first-order chi connectivity index (χ1) is 24.3. The van der Waals surface area contributed by atoms with Gasteiger partial charge in [-0.3, -0.25) is 0 Å². The number of aliphatic hydroxyl groups is 2. The fourth-order valence-corrected chi connectivity index (χ4v) is 3.59. The van der Waals surface area contributed by atoms with Crippen LogP contribution in [0.25, 0.3) is 0 Å². The van der Waals surface area contributed by atoms with E-state index in [2.05, 4.69) is 31.6 Å². The molecule has 258 valence electrons. The zero-order valence-corrected chi connectivity index (χ0v) is 27.8. The highest BCUT2D eigenvalue weighted by Crippen LogP contribution is 2.23. The summed E-state index contributed by atoms with van der Waals surface area (Å²) in [6, 6.07) is 29.3. The van der Waals surface area contributed by atoms with E-state index in [0.717, 1.165) is 48.5 Å². The van der Waals surface area contributed by atoms with E-state index in [1.165, 1.54) is 25.2 Å². The summed E-state index contributed by atoms with van der Waals surface area (Å²) in [7, 11) is 0. The van der Waals surface area contributed by atoms with Crippen LogP contribution in [-0.2, 0) is 41.5 Å². The Hall–Kier alpha value is -5.76. The third-order valence-electron chi connectivity index (χ3n) is 6.26. The van der Waals surface area contributed by atoms with Gasteiger partial charge in [0, 0.05) is 0 Å². The van der Waals surface area contributed by atoms with E-state index in [9.17, 15) is 19.2 Å². The molecule has 0 aliphatic carbocycles. The summed E-state index contributed by atoms with van der Waals surface area (Å²) >= 11 is 0. The van der Waals surface area contributed by atoms with Crippen LogP contribution in [0.5, 0.6) is 0 Å². The Morgan fingerprint density at radius 3 is 1.30 bits per heavy atom. The van der Waals surface area contributed by atoms with E-state index >= 15 is 0 Å². The van der Waals surface area contributed by atoms with Gasteiger partial charge in [-0.25, -0.2) is 19.2 Å². The maximum atomic E-state index is 10.4. The molecule has 4 aromatic carbocycles. The first-order valence-electron chi connectivity index (χ1n) is 15.5. The number of epoxide rings is 2. The van der Waals surface area contributed by atoms with Gasteiger partial charge >= 0.3 is 0 Å². The molecule has 0 amide bonds. The normalized spacial score (nSPS) is 13.2. The highest BCUT2D eigenvalue weighted by molar-refractivity contribution is 5.56. The maximum Gasteiger partial charge on any atom is 0.240 e. The van der Waals surface area contributed by atoms with Gasteiger partial charge in [-0.15, -0.1) is 0 Å². The highest BCUT2D eigenvalue weighted by Gasteiger charge is 2.13. The van der Waals surface area contributed by atoms with Crippen LogP contribution in [0.1, 0.15) is 36.1 Å². The number of isocyanates is 4. The van der Waals surface area contributed by atoms with Gasteiger partial charge in [-0.1, -0.05) is 54.6 Å². The largest absolute Gasteiger partial charge is 0.394 e. The van der Waals surface area contributed by atoms with E-state index in [0.29, 0.717) is 35.3 Å². The molecule has 6 rings (SSSR count). The molecule has 2 heterocycles. The molecule has 0 bridgehead atoms. The molecule has 2 unspecified atom stereocenters. The first kappa shape index (κ1) is 40.4. The van der Waals surface area contributed by atoms with Crippen molar-refractivity contribution in [3.8, 4) is 0 Å². The molecule has 0 aromatic heterocycles. The third kappa shape index (κ3) is 19.2. The number of rotatable bonds is 9. The molecule has 2 saturated heterocycles. The molecule has 2 N–H and O–H groups in total. The molecule has 2 atom stereocenters. The van der Waals surface area contributed by atoms with Gasteiger partial charge in [-0.2, -0.15) is 20.0 Å². The number of ether oxygens (including phenoxy) is 2. The van der Waals surface area contributed by atoms with Crippen LogP contribution in [-0.4, -0.2) is 73.2 Å². The minimum atomic E-state index is -0.560. The number of benzene rings is 4. The van der Waals surface area contributed by atoms with E-state index < -0.39 is 6.10 Å². The predicted octanol–water partition coefficient (Wildman–Crippen LogP) is 6.21. The zero-order chi connectivity index (χ0) is 36.4. The lowest BCUT2D eigenvalue weighted by molar-refractivity contribution is 0.110. The van der Waals surface area contributed by atoms with Crippen molar-refractivity contribution >= 4 is 47.1 Å². The smallest absolute Gasteiger partial charge is 0.240 e. The van der Waals surface area contributed by atoms with Gasteiger partial charge in [-0.05, 0) is 91.4 Å². The van der Waals surface area contributed by atoms with Gasteiger partial charge in [0.05, 0.1) is 61.4 Å². The fourth-order valence-electron chi connectivity index (χ4n) is 3.59. The molecule has 0 radical (unpaired) electrons. The highest BCUT2D eigenvalue weighted by atomic mass is 16.6. The molecule has 50 heavy (non-hydrogen) atoms. The molecule has 4 aromatic rings. The van der Waals surface area contributed by atoms with E-state index in [4.69, 9.17) is 14.9 Å². The lowest BCUT2D eigenvalue weighted by Gasteiger charge is -2.04. The molecule has 2 aliphatic rings. The zero-order valence-electron chi connectivity index (χ0n) is 27.8. The number of para-hydroxylation sites is 1. The average molecular weight is 679 g/mol. The summed E-state index contributed by atoms with van der Waals surface area (Å²) in [4.78, 5) is 55.0. The summed E-state index contributed by atoms with van der Waals surface area (Å²) in [5.41, 5.74) is 6.57. The van der Waals surface area contributed by atoms with Crippen LogP contribution in [0.2, 0.25) is 0 Å². The molecular formula is C38H38N4O8. The number of nitrogens with zero attached hydrogens (tertiary/aromatic N) is 4. The van der Waals surface area contributed by atoms with Crippen molar-refractivity contribution in [3.63, 3.8) is 0 Å². The third-order valence-corrected chi connectivity index (χ3v) is 6.26. The van der Waals surface area contributed by atoms with Gasteiger partial charge in [0.2, 0.25) is 24.3 Å². The molecule has 2 fully saturated rings. The van der Waals surface area contributed by atoms with Crippen LogP contribution >= 0.6 is 0 Å². The Morgan fingerprint density at radius 2 is 1.00 bits per heavy atom. The molecular weight excluding hydrogens is 640 g/mol. The van der Waals surface area contributed by atoms with Crippen molar-refractivity contribution in [2.45, 2.75) is 38.9 Å². The second-order valence-corrected chi connectivity index (χ2v) is 10.6. The second-order valence-electron chi connectivity index (χ2n) is 10.6. The Labute approximate surface area is 290 Å². The van der Waals surface area contributed by atoms with E-state index in [1.54, 1.807) is 48.5 Å². The van der Waals surface area contributed by atoms with Gasteiger partial charge in [0.25, 0.3) is 0 Å².